The van der Waals surface area contributed by atoms with Gasteiger partial charge in [-0.15, -0.1) is 0 Å². The van der Waals surface area contributed by atoms with Crippen LogP contribution in [0.4, 0.5) is 20.3 Å². The maximum Gasteiger partial charge on any atom is 0.313 e. The smallest absolute Gasteiger partial charge is 0.313 e. The second-order valence-electron chi connectivity index (χ2n) is 7.27. The quantitative estimate of drug-likeness (QED) is 0.720. The summed E-state index contributed by atoms with van der Waals surface area (Å²) in [6.45, 7) is 2.82. The largest absolute Gasteiger partial charge is 0.383 e. The summed E-state index contributed by atoms with van der Waals surface area (Å²) in [6, 6.07) is 7.00. The minimum atomic E-state index is -2.97. The number of carbonyl (C=O) groups excluding carboxylic acids is 2. The van der Waals surface area contributed by atoms with Crippen LogP contribution in [0.25, 0.3) is 0 Å². The number of pyridine rings is 1. The Hall–Kier alpha value is -2.74. The van der Waals surface area contributed by atoms with Crippen molar-refractivity contribution in [2.75, 3.05) is 17.6 Å². The third kappa shape index (κ3) is 4.48. The number of carbonyl (C=O) groups is 2. The summed E-state index contributed by atoms with van der Waals surface area (Å²) >= 11 is 6.00. The molecule has 1 saturated heterocycles. The Labute approximate surface area is 172 Å². The van der Waals surface area contributed by atoms with E-state index in [4.69, 9.17) is 17.3 Å². The Balaban J connectivity index is 1.86. The highest BCUT2D eigenvalue weighted by atomic mass is 35.5. The zero-order valence-electron chi connectivity index (χ0n) is 16.0. The molecule has 1 aromatic carbocycles. The van der Waals surface area contributed by atoms with Gasteiger partial charge in [0.2, 0.25) is 0 Å². The van der Waals surface area contributed by atoms with E-state index in [-0.39, 0.29) is 6.54 Å². The number of aryl methyl sites for hydroxylation is 1. The van der Waals surface area contributed by atoms with Crippen molar-refractivity contribution in [2.45, 2.75) is 32.2 Å². The lowest BCUT2D eigenvalue weighted by Gasteiger charge is -2.42. The number of piperidine rings is 1. The maximum atomic E-state index is 14.4. The van der Waals surface area contributed by atoms with Gasteiger partial charge in [-0.2, -0.15) is 0 Å². The summed E-state index contributed by atoms with van der Waals surface area (Å²) in [5, 5.41) is 2.83. The van der Waals surface area contributed by atoms with Crippen molar-refractivity contribution in [3.8, 4) is 0 Å². The lowest BCUT2D eigenvalue weighted by atomic mass is 9.86. The Bertz CT molecular complexity index is 954. The number of nitrogens with one attached hydrogen (secondary N) is 1. The number of nitrogens with two attached hydrogens (primary N) is 1. The fourth-order valence-electron chi connectivity index (χ4n) is 3.33. The minimum Gasteiger partial charge on any atom is -0.383 e. The molecule has 1 aliphatic heterocycles. The van der Waals surface area contributed by atoms with E-state index >= 15 is 0 Å². The molecule has 0 spiro atoms. The number of aromatic nitrogens is 1. The molecule has 0 radical (unpaired) electrons. The van der Waals surface area contributed by atoms with Crippen LogP contribution in [0.3, 0.4) is 0 Å². The summed E-state index contributed by atoms with van der Waals surface area (Å²) in [4.78, 5) is 30.5. The Morgan fingerprint density at radius 1 is 1.34 bits per heavy atom. The van der Waals surface area contributed by atoms with Crippen LogP contribution >= 0.6 is 11.6 Å². The molecule has 2 amide bonds. The fourth-order valence-corrected chi connectivity index (χ4v) is 3.53. The van der Waals surface area contributed by atoms with Crippen molar-refractivity contribution >= 4 is 34.9 Å². The number of nitrogens with zero attached hydrogens (tertiary/aromatic N) is 2. The number of rotatable bonds is 2. The topological polar surface area (TPSA) is 88.3 Å². The molecular weight excluding hydrogens is 402 g/mol. The highest BCUT2D eigenvalue weighted by Crippen LogP contribution is 2.43. The molecule has 3 rings (SSSR count). The van der Waals surface area contributed by atoms with E-state index in [1.165, 1.54) is 24.1 Å². The van der Waals surface area contributed by atoms with Crippen molar-refractivity contribution < 1.29 is 18.4 Å². The van der Waals surface area contributed by atoms with E-state index in [2.05, 4.69) is 10.3 Å². The van der Waals surface area contributed by atoms with Crippen molar-refractivity contribution in [2.24, 2.45) is 5.92 Å². The van der Waals surface area contributed by atoms with E-state index in [9.17, 15) is 18.4 Å². The highest BCUT2D eigenvalue weighted by Gasteiger charge is 2.48. The molecule has 0 saturated carbocycles. The van der Waals surface area contributed by atoms with Crippen molar-refractivity contribution in [1.82, 2.24) is 9.88 Å². The number of hydrogen-bond acceptors (Lipinski definition) is 4. The van der Waals surface area contributed by atoms with Gasteiger partial charge in [0, 0.05) is 23.9 Å². The summed E-state index contributed by atoms with van der Waals surface area (Å²) in [5.41, 5.74) is 7.04. The van der Waals surface area contributed by atoms with Gasteiger partial charge in [0.15, 0.2) is 0 Å². The van der Waals surface area contributed by atoms with Gasteiger partial charge < -0.3 is 16.0 Å². The second kappa shape index (κ2) is 7.94. The van der Waals surface area contributed by atoms with Gasteiger partial charge in [0.05, 0.1) is 17.9 Å². The standard InChI is InChI=1S/C20H21ClF2N4O2/c1-11-6-15(9-25-17(11)24)26-18(28)19(29)27-10-12(2)20(22,23)8-16(27)13-4-3-5-14(21)7-13/h3-7,9,12,16H,8,10H2,1-2H3,(H2,24,25)(H,26,28)/t12-,16-/m0/s1. The number of alkyl halides is 2. The SMILES string of the molecule is Cc1cc(NC(=O)C(=O)N2C[C@H](C)C(F)(F)C[C@H]2c2cccc(Cl)c2)cnc1N. The first-order valence-electron chi connectivity index (χ1n) is 9.06. The van der Waals surface area contributed by atoms with E-state index < -0.39 is 36.1 Å². The molecule has 0 bridgehead atoms. The average molecular weight is 423 g/mol. The molecule has 154 valence electrons. The molecule has 2 heterocycles. The summed E-state index contributed by atoms with van der Waals surface area (Å²) < 4.78 is 28.8. The zero-order valence-corrected chi connectivity index (χ0v) is 16.7. The van der Waals surface area contributed by atoms with Crippen LogP contribution in [-0.4, -0.2) is 34.2 Å². The van der Waals surface area contributed by atoms with E-state index in [1.807, 2.05) is 0 Å². The van der Waals surface area contributed by atoms with Gasteiger partial charge in [0.1, 0.15) is 5.82 Å². The van der Waals surface area contributed by atoms with Gasteiger partial charge >= 0.3 is 11.8 Å². The monoisotopic (exact) mass is 422 g/mol. The van der Waals surface area contributed by atoms with Crippen LogP contribution in [0.15, 0.2) is 36.5 Å². The van der Waals surface area contributed by atoms with E-state index in [0.29, 0.717) is 27.7 Å². The Kier molecular flexibility index (Phi) is 5.75. The number of amides is 2. The average Bonchev–Trinajstić information content (AvgIpc) is 2.66. The third-order valence-electron chi connectivity index (χ3n) is 5.10. The normalized spacial score (nSPS) is 20.9. The molecule has 0 aliphatic carbocycles. The molecule has 3 N–H and O–H groups in total. The lowest BCUT2D eigenvalue weighted by Crippen LogP contribution is -2.52. The molecule has 9 heteroatoms. The van der Waals surface area contributed by atoms with Gasteiger partial charge in [-0.25, -0.2) is 13.8 Å². The van der Waals surface area contributed by atoms with Crippen LogP contribution in [0.2, 0.25) is 5.02 Å². The zero-order chi connectivity index (χ0) is 21.3. The first-order valence-corrected chi connectivity index (χ1v) is 9.43. The summed E-state index contributed by atoms with van der Waals surface area (Å²) in [6.07, 6.45) is 0.741. The number of halogens is 3. The molecule has 1 fully saturated rings. The van der Waals surface area contributed by atoms with Crippen LogP contribution in [0.5, 0.6) is 0 Å². The second-order valence-corrected chi connectivity index (χ2v) is 7.71. The van der Waals surface area contributed by atoms with Gasteiger partial charge in [-0.05, 0) is 36.2 Å². The fraction of sp³-hybridized carbons (Fsp3) is 0.350. The van der Waals surface area contributed by atoms with E-state index in [0.717, 1.165) is 0 Å². The molecule has 6 nitrogen and oxygen atoms in total. The molecule has 1 aliphatic rings. The highest BCUT2D eigenvalue weighted by molar-refractivity contribution is 6.39. The number of anilines is 2. The van der Waals surface area contributed by atoms with Gasteiger partial charge in [-0.1, -0.05) is 30.7 Å². The van der Waals surface area contributed by atoms with E-state index in [1.54, 1.807) is 31.2 Å². The van der Waals surface area contributed by atoms with Gasteiger partial charge in [0.25, 0.3) is 5.92 Å². The van der Waals surface area contributed by atoms with Crippen LogP contribution < -0.4 is 11.1 Å². The van der Waals surface area contributed by atoms with Gasteiger partial charge in [-0.3, -0.25) is 9.59 Å². The van der Waals surface area contributed by atoms with Crippen LogP contribution in [0, 0.1) is 12.8 Å². The molecule has 29 heavy (non-hydrogen) atoms. The predicted molar refractivity (Wildman–Crippen MR) is 107 cm³/mol. The maximum absolute atomic E-state index is 14.4. The third-order valence-corrected chi connectivity index (χ3v) is 5.33. The first kappa shape index (κ1) is 21.0. The summed E-state index contributed by atoms with van der Waals surface area (Å²) in [7, 11) is 0. The summed E-state index contributed by atoms with van der Waals surface area (Å²) in [5.74, 6) is -5.58. The lowest BCUT2D eigenvalue weighted by molar-refractivity contribution is -0.159. The molecule has 1 aromatic heterocycles. The number of benzene rings is 1. The first-order chi connectivity index (χ1) is 13.6. The molecular formula is C20H21ClF2N4O2. The number of nitrogen functional groups attached to an aromatic ring is 1. The minimum absolute atomic E-state index is 0.255. The van der Waals surface area contributed by atoms with Crippen molar-refractivity contribution in [1.29, 1.82) is 0 Å². The Morgan fingerprint density at radius 2 is 2.07 bits per heavy atom. The Morgan fingerprint density at radius 3 is 2.72 bits per heavy atom. The number of likely N-dealkylation sites (tertiary alicyclic amines) is 1. The molecule has 0 unspecified atom stereocenters. The number of hydrogen-bond donors (Lipinski definition) is 2. The molecule has 2 atom stereocenters. The predicted octanol–water partition coefficient (Wildman–Crippen LogP) is 3.81. The molecule has 2 aromatic rings. The van der Waals surface area contributed by atoms with Crippen molar-refractivity contribution in [3.05, 3.63) is 52.7 Å². The van der Waals surface area contributed by atoms with Crippen LogP contribution in [-0.2, 0) is 9.59 Å². The van der Waals surface area contributed by atoms with Crippen molar-refractivity contribution in [3.63, 3.8) is 0 Å². The van der Waals surface area contributed by atoms with Crippen LogP contribution in [0.1, 0.15) is 30.5 Å².